The average Bonchev–Trinajstić information content (AvgIpc) is 3.54. The van der Waals surface area contributed by atoms with Gasteiger partial charge in [0.15, 0.2) is 0 Å². The normalized spacial score (nSPS) is 12.0. The summed E-state index contributed by atoms with van der Waals surface area (Å²) >= 11 is 0. The molecule has 49 heavy (non-hydrogen) atoms. The summed E-state index contributed by atoms with van der Waals surface area (Å²) in [6.45, 7) is 7.00. The molecule has 0 spiro atoms. The first-order valence-corrected chi connectivity index (χ1v) is 19.6. The number of aromatic nitrogens is 2. The third-order valence-corrected chi connectivity index (χ3v) is 10.3. The summed E-state index contributed by atoms with van der Waals surface area (Å²) < 4.78 is 23.8. The van der Waals surface area contributed by atoms with Crippen LogP contribution in [-0.4, -0.2) is 18.0 Å². The Morgan fingerprint density at radius 2 is 1.43 bits per heavy atom. The molecule has 243 valence electrons. The molecule has 8 rings (SSSR count). The molecule has 5 aromatic carbocycles. The molecule has 0 amide bonds. The van der Waals surface area contributed by atoms with E-state index in [1.807, 2.05) is 79.0 Å². The van der Waals surface area contributed by atoms with Gasteiger partial charge in [-0.15, -0.1) is 54.1 Å². The van der Waals surface area contributed by atoms with Crippen LogP contribution in [0, 0.1) is 12.1 Å². The molecule has 3 aromatic heterocycles. The van der Waals surface area contributed by atoms with Gasteiger partial charge in [0.1, 0.15) is 5.58 Å². The maximum Gasteiger partial charge on any atom is 0.121 e. The molecule has 0 unspecified atom stereocenters. The standard InChI is InChI=1S/C30H20NO.C14H16NSi.Ir/c1-3-8-21(9-4-1)18-22-16-17-31-28(19-22)27-13-7-12-26-25-15-14-24(20-29(25)32-30(26)27)23-10-5-2-6-11-23;1-16(2,3)13-9-10-14(15-11-13)12-7-5-4-6-8-12;/h1-12,14-17,19-20H,18H2;4-7,9-11H,1-3H3;/q2*-1;/i18D2;;. The summed E-state index contributed by atoms with van der Waals surface area (Å²) in [5, 5.41) is 3.41. The van der Waals surface area contributed by atoms with E-state index in [1.54, 1.807) is 30.5 Å². The van der Waals surface area contributed by atoms with Crippen molar-refractivity contribution in [1.29, 1.82) is 0 Å². The van der Waals surface area contributed by atoms with Crippen LogP contribution in [0.1, 0.15) is 13.9 Å². The molecule has 0 aliphatic heterocycles. The van der Waals surface area contributed by atoms with Gasteiger partial charge in [-0.2, -0.15) is 0 Å². The van der Waals surface area contributed by atoms with E-state index in [0.29, 0.717) is 22.4 Å². The number of rotatable bonds is 6. The van der Waals surface area contributed by atoms with E-state index in [4.69, 9.17) is 7.16 Å². The van der Waals surface area contributed by atoms with Gasteiger partial charge in [-0.05, 0) is 57.3 Å². The number of pyridine rings is 2. The summed E-state index contributed by atoms with van der Waals surface area (Å²) in [6.07, 6.45) is 2.02. The first-order valence-electron chi connectivity index (χ1n) is 17.1. The van der Waals surface area contributed by atoms with Crippen LogP contribution in [0.4, 0.5) is 0 Å². The molecule has 0 bridgehead atoms. The van der Waals surface area contributed by atoms with E-state index in [-0.39, 0.29) is 20.1 Å². The molecule has 0 aliphatic carbocycles. The molecule has 3 nitrogen and oxygen atoms in total. The number of benzene rings is 5. The van der Waals surface area contributed by atoms with E-state index in [2.05, 4.69) is 84.2 Å². The maximum absolute atomic E-state index is 8.73. The van der Waals surface area contributed by atoms with Crippen molar-refractivity contribution >= 4 is 35.2 Å². The maximum atomic E-state index is 8.73. The first-order chi connectivity index (χ1) is 24.2. The van der Waals surface area contributed by atoms with Crippen molar-refractivity contribution in [2.24, 2.45) is 0 Å². The largest absolute Gasteiger partial charge is 0.501 e. The Kier molecular flexibility index (Phi) is 9.65. The smallest absolute Gasteiger partial charge is 0.121 e. The fourth-order valence-electron chi connectivity index (χ4n) is 5.62. The van der Waals surface area contributed by atoms with E-state index in [1.165, 1.54) is 5.19 Å². The van der Waals surface area contributed by atoms with Gasteiger partial charge in [-0.3, -0.25) is 0 Å². The quantitative estimate of drug-likeness (QED) is 0.124. The summed E-state index contributed by atoms with van der Waals surface area (Å²) in [4.78, 5) is 9.06. The number of hydrogen-bond acceptors (Lipinski definition) is 3. The average molecular weight is 831 g/mol. The summed E-state index contributed by atoms with van der Waals surface area (Å²) in [5.74, 6) is 0. The minimum atomic E-state index is -1.65. The fraction of sp³-hybridized carbons (Fsp3) is 0.0909. The number of furan rings is 1. The Morgan fingerprint density at radius 3 is 2.14 bits per heavy atom. The summed E-state index contributed by atoms with van der Waals surface area (Å²) in [7, 11) is -1.23. The third-order valence-electron chi connectivity index (χ3n) is 8.23. The van der Waals surface area contributed by atoms with Crippen LogP contribution in [0.3, 0.4) is 0 Å². The Hall–Kier alpha value is -4.93. The van der Waals surface area contributed by atoms with Gasteiger partial charge in [0.2, 0.25) is 0 Å². The molecule has 5 heteroatoms. The molecule has 0 aliphatic rings. The minimum Gasteiger partial charge on any atom is -0.501 e. The van der Waals surface area contributed by atoms with Gasteiger partial charge < -0.3 is 14.4 Å². The van der Waals surface area contributed by atoms with E-state index in [0.717, 1.165) is 44.3 Å². The Labute approximate surface area is 305 Å². The van der Waals surface area contributed by atoms with E-state index >= 15 is 0 Å². The third kappa shape index (κ3) is 7.87. The summed E-state index contributed by atoms with van der Waals surface area (Å²) in [5.41, 5.74) is 8.28. The van der Waals surface area contributed by atoms with Crippen LogP contribution in [0.5, 0.6) is 0 Å². The zero-order valence-corrected chi connectivity index (χ0v) is 31.0. The van der Waals surface area contributed by atoms with Gasteiger partial charge in [-0.25, -0.2) is 0 Å². The zero-order valence-electron chi connectivity index (χ0n) is 29.6. The second kappa shape index (κ2) is 15.1. The number of nitrogens with zero attached hydrogens (tertiary/aromatic N) is 2. The topological polar surface area (TPSA) is 38.9 Å². The molecular weight excluding hydrogens is 793 g/mol. The predicted octanol–water partition coefficient (Wildman–Crippen LogP) is 10.8. The molecule has 0 saturated carbocycles. The van der Waals surface area contributed by atoms with Crippen LogP contribution in [-0.2, 0) is 26.5 Å². The van der Waals surface area contributed by atoms with Crippen LogP contribution in [0.25, 0.3) is 55.6 Å². The van der Waals surface area contributed by atoms with Crippen molar-refractivity contribution < 1.29 is 27.3 Å². The van der Waals surface area contributed by atoms with Crippen molar-refractivity contribution in [3.05, 3.63) is 175 Å². The molecule has 3 heterocycles. The van der Waals surface area contributed by atoms with Gasteiger partial charge in [0.25, 0.3) is 0 Å². The van der Waals surface area contributed by atoms with Gasteiger partial charge in [0.05, 0.1) is 13.7 Å². The Morgan fingerprint density at radius 1 is 0.653 bits per heavy atom. The fourth-order valence-corrected chi connectivity index (χ4v) is 6.66. The van der Waals surface area contributed by atoms with Crippen molar-refractivity contribution in [2.45, 2.75) is 26.0 Å². The second-order valence-corrected chi connectivity index (χ2v) is 17.7. The van der Waals surface area contributed by atoms with Crippen LogP contribution >= 0.6 is 0 Å². The first kappa shape index (κ1) is 31.3. The second-order valence-electron chi connectivity index (χ2n) is 12.7. The predicted molar refractivity (Wildman–Crippen MR) is 202 cm³/mol. The zero-order chi connectivity index (χ0) is 34.7. The van der Waals surface area contributed by atoms with Crippen molar-refractivity contribution in [3.63, 3.8) is 0 Å². The SMILES string of the molecule is C[Si](C)(C)c1ccc(-c2[c-]cccc2)nc1.[2H]C([2H])(c1ccccc1)c1ccnc(-c2[c-]ccc3c2oc2cc(-c4ccccc4)ccc23)c1.[Ir]. The van der Waals surface area contributed by atoms with Gasteiger partial charge in [-0.1, -0.05) is 122 Å². The van der Waals surface area contributed by atoms with Crippen LogP contribution < -0.4 is 5.19 Å². The minimum absolute atomic E-state index is 0. The van der Waals surface area contributed by atoms with Crippen molar-refractivity contribution in [1.82, 2.24) is 9.97 Å². The molecule has 0 fully saturated rings. The number of fused-ring (bicyclic) bond motifs is 3. The van der Waals surface area contributed by atoms with Crippen molar-refractivity contribution in [2.75, 3.05) is 0 Å². The van der Waals surface area contributed by atoms with Crippen molar-refractivity contribution in [3.8, 4) is 33.6 Å². The van der Waals surface area contributed by atoms with Crippen LogP contribution in [0.15, 0.2) is 156 Å². The Bertz CT molecular complexity index is 2380. The Balaban J connectivity index is 0.000000222. The van der Waals surface area contributed by atoms with Gasteiger partial charge >= 0.3 is 0 Å². The molecule has 0 N–H and O–H groups in total. The van der Waals surface area contributed by atoms with E-state index in [9.17, 15) is 0 Å². The molecule has 0 saturated heterocycles. The number of hydrogen-bond donors (Lipinski definition) is 0. The molecular formula is C44H36IrN2OSi-2. The molecule has 8 aromatic rings. The molecule has 0 atom stereocenters. The summed E-state index contributed by atoms with van der Waals surface area (Å²) in [6, 6.07) is 51.8. The van der Waals surface area contributed by atoms with E-state index < -0.39 is 14.4 Å². The monoisotopic (exact) mass is 831 g/mol. The van der Waals surface area contributed by atoms with Gasteiger partial charge in [0, 0.05) is 40.6 Å². The van der Waals surface area contributed by atoms with Crippen LogP contribution in [0.2, 0.25) is 19.6 Å². The molecule has 1 radical (unpaired) electrons.